The summed E-state index contributed by atoms with van der Waals surface area (Å²) >= 11 is 0. The van der Waals surface area contributed by atoms with Crippen molar-refractivity contribution in [2.75, 3.05) is 0 Å². The Labute approximate surface area is 118 Å². The summed E-state index contributed by atoms with van der Waals surface area (Å²) in [5.74, 6) is -2.03. The number of carbonyl (C=O) groups is 1. The van der Waals surface area contributed by atoms with Gasteiger partial charge in [0.25, 0.3) is 0 Å². The summed E-state index contributed by atoms with van der Waals surface area (Å²) in [7, 11) is 0. The van der Waals surface area contributed by atoms with Crippen LogP contribution in [0.1, 0.15) is 32.9 Å². The van der Waals surface area contributed by atoms with Crippen molar-refractivity contribution in [1.29, 1.82) is 0 Å². The van der Waals surface area contributed by atoms with Crippen LogP contribution in [0.4, 0.5) is 17.6 Å². The zero-order valence-electron chi connectivity index (χ0n) is 11.3. The highest BCUT2D eigenvalue weighted by molar-refractivity contribution is 6.09. The minimum absolute atomic E-state index is 0.144. The molecule has 2 rings (SSSR count). The van der Waals surface area contributed by atoms with Crippen LogP contribution in [0.2, 0.25) is 0 Å². The van der Waals surface area contributed by atoms with Crippen molar-refractivity contribution < 1.29 is 22.4 Å². The molecule has 2 nitrogen and oxygen atoms in total. The van der Waals surface area contributed by atoms with Crippen LogP contribution in [0.5, 0.6) is 0 Å². The van der Waals surface area contributed by atoms with Gasteiger partial charge in [-0.15, -0.1) is 0 Å². The van der Waals surface area contributed by atoms with E-state index in [9.17, 15) is 22.4 Å². The highest BCUT2D eigenvalue weighted by Gasteiger charge is 2.34. The van der Waals surface area contributed by atoms with E-state index < -0.39 is 23.3 Å². The normalized spacial score (nSPS) is 11.5. The maximum Gasteiger partial charge on any atom is 0.419 e. The molecule has 2 aromatic rings. The summed E-state index contributed by atoms with van der Waals surface area (Å²) in [6.45, 7) is 3.36. The molecule has 0 radical (unpaired) electrons. The Hall–Kier alpha value is -2.24. The van der Waals surface area contributed by atoms with E-state index in [1.807, 2.05) is 0 Å². The number of nitrogens with zero attached hydrogens (tertiary/aromatic N) is 1. The van der Waals surface area contributed by atoms with Gasteiger partial charge in [-0.2, -0.15) is 13.2 Å². The Morgan fingerprint density at radius 3 is 2.29 bits per heavy atom. The van der Waals surface area contributed by atoms with E-state index in [1.54, 1.807) is 19.9 Å². The first-order valence-electron chi connectivity index (χ1n) is 6.06. The molecule has 6 heteroatoms. The van der Waals surface area contributed by atoms with Crippen molar-refractivity contribution in [3.05, 3.63) is 64.2 Å². The average molecular weight is 297 g/mol. The molecule has 0 fully saturated rings. The highest BCUT2D eigenvalue weighted by atomic mass is 19.4. The maximum absolute atomic E-state index is 13.5. The number of pyridine rings is 1. The molecule has 0 atom stereocenters. The first-order chi connectivity index (χ1) is 9.70. The fraction of sp³-hybridized carbons (Fsp3) is 0.200. The van der Waals surface area contributed by atoms with E-state index in [2.05, 4.69) is 4.98 Å². The van der Waals surface area contributed by atoms with Gasteiger partial charge in [0, 0.05) is 22.5 Å². The van der Waals surface area contributed by atoms with Crippen LogP contribution in [0.25, 0.3) is 0 Å². The largest absolute Gasteiger partial charge is 0.419 e. The molecule has 0 aliphatic carbocycles. The fourth-order valence-electron chi connectivity index (χ4n) is 1.97. The minimum atomic E-state index is -4.78. The van der Waals surface area contributed by atoms with E-state index in [0.717, 1.165) is 6.07 Å². The molecule has 0 bridgehead atoms. The van der Waals surface area contributed by atoms with Crippen molar-refractivity contribution in [1.82, 2.24) is 4.98 Å². The van der Waals surface area contributed by atoms with Crippen LogP contribution in [0.15, 0.2) is 30.3 Å². The predicted molar refractivity (Wildman–Crippen MR) is 68.5 cm³/mol. The van der Waals surface area contributed by atoms with Gasteiger partial charge >= 0.3 is 6.18 Å². The van der Waals surface area contributed by atoms with E-state index in [4.69, 9.17) is 0 Å². The summed E-state index contributed by atoms with van der Waals surface area (Å²) < 4.78 is 50.9. The topological polar surface area (TPSA) is 30.0 Å². The van der Waals surface area contributed by atoms with Crippen LogP contribution in [-0.4, -0.2) is 10.8 Å². The summed E-state index contributed by atoms with van der Waals surface area (Å²) in [5, 5.41) is 0. The average Bonchev–Trinajstić information content (AvgIpc) is 2.36. The number of benzene rings is 1. The monoisotopic (exact) mass is 297 g/mol. The zero-order valence-corrected chi connectivity index (χ0v) is 11.3. The summed E-state index contributed by atoms with van der Waals surface area (Å²) in [5.41, 5.74) is -0.144. The number of aryl methyl sites for hydroxylation is 2. The lowest BCUT2D eigenvalue weighted by atomic mass is 10.0. The maximum atomic E-state index is 13.5. The molecule has 1 aromatic carbocycles. The molecule has 110 valence electrons. The molecule has 0 aliphatic rings. The van der Waals surface area contributed by atoms with Gasteiger partial charge in [0.2, 0.25) is 0 Å². The van der Waals surface area contributed by atoms with Crippen molar-refractivity contribution >= 4 is 5.78 Å². The lowest BCUT2D eigenvalue weighted by molar-refractivity contribution is -0.140. The fourth-order valence-corrected chi connectivity index (χ4v) is 1.97. The first-order valence-corrected chi connectivity index (χ1v) is 6.06. The Balaban J connectivity index is 2.43. The summed E-state index contributed by atoms with van der Waals surface area (Å²) in [6, 6.07) is 5.27. The van der Waals surface area contributed by atoms with Crippen molar-refractivity contribution in [2.24, 2.45) is 0 Å². The van der Waals surface area contributed by atoms with E-state index in [1.165, 1.54) is 6.07 Å². The number of halogens is 4. The smallest absolute Gasteiger partial charge is 0.289 e. The van der Waals surface area contributed by atoms with Gasteiger partial charge in [-0.3, -0.25) is 9.78 Å². The summed E-state index contributed by atoms with van der Waals surface area (Å²) in [4.78, 5) is 16.3. The third-order valence-electron chi connectivity index (χ3n) is 3.01. The Morgan fingerprint density at radius 2 is 1.76 bits per heavy atom. The Morgan fingerprint density at radius 1 is 1.10 bits per heavy atom. The van der Waals surface area contributed by atoms with Crippen LogP contribution in [-0.2, 0) is 6.18 Å². The number of aromatic nitrogens is 1. The van der Waals surface area contributed by atoms with E-state index in [0.29, 0.717) is 23.5 Å². The van der Waals surface area contributed by atoms with Gasteiger partial charge < -0.3 is 0 Å². The van der Waals surface area contributed by atoms with E-state index >= 15 is 0 Å². The number of hydrogen-bond donors (Lipinski definition) is 0. The molecule has 21 heavy (non-hydrogen) atoms. The van der Waals surface area contributed by atoms with Gasteiger partial charge in [0.1, 0.15) is 5.82 Å². The second-order valence-electron chi connectivity index (χ2n) is 4.61. The highest BCUT2D eigenvalue weighted by Crippen LogP contribution is 2.31. The number of carbonyl (C=O) groups excluding carboxylic acids is 1. The standard InChI is InChI=1S/C15H11F4NO/c1-8-3-5-11(9(2)20-8)14(21)10-4-6-12(13(16)7-10)15(17,18)19/h3-7H,1-2H3. The van der Waals surface area contributed by atoms with Crippen LogP contribution >= 0.6 is 0 Å². The second kappa shape index (κ2) is 5.27. The number of ketones is 1. The lowest BCUT2D eigenvalue weighted by Gasteiger charge is -2.10. The van der Waals surface area contributed by atoms with Crippen LogP contribution in [0.3, 0.4) is 0 Å². The number of hydrogen-bond acceptors (Lipinski definition) is 2. The van der Waals surface area contributed by atoms with Crippen LogP contribution < -0.4 is 0 Å². The first kappa shape index (κ1) is 15.2. The second-order valence-corrected chi connectivity index (χ2v) is 4.61. The van der Waals surface area contributed by atoms with Gasteiger partial charge in [-0.25, -0.2) is 4.39 Å². The summed E-state index contributed by atoms with van der Waals surface area (Å²) in [6.07, 6.45) is -4.78. The van der Waals surface area contributed by atoms with E-state index in [-0.39, 0.29) is 11.1 Å². The van der Waals surface area contributed by atoms with Crippen molar-refractivity contribution in [3.63, 3.8) is 0 Å². The quantitative estimate of drug-likeness (QED) is 0.617. The van der Waals surface area contributed by atoms with Crippen molar-refractivity contribution in [3.8, 4) is 0 Å². The number of alkyl halides is 3. The lowest BCUT2D eigenvalue weighted by Crippen LogP contribution is -2.11. The SMILES string of the molecule is Cc1ccc(C(=O)c2ccc(C(F)(F)F)c(F)c2)c(C)n1. The predicted octanol–water partition coefficient (Wildman–Crippen LogP) is 4.09. The van der Waals surface area contributed by atoms with Crippen LogP contribution in [0, 0.1) is 19.7 Å². The van der Waals surface area contributed by atoms with Gasteiger partial charge in [0.15, 0.2) is 5.78 Å². The minimum Gasteiger partial charge on any atom is -0.289 e. The molecule has 0 saturated heterocycles. The van der Waals surface area contributed by atoms with Gasteiger partial charge in [-0.05, 0) is 38.1 Å². The van der Waals surface area contributed by atoms with Crippen molar-refractivity contribution in [2.45, 2.75) is 20.0 Å². The molecule has 0 amide bonds. The molecule has 0 N–H and O–H groups in total. The molecule has 1 aromatic heterocycles. The molecule has 0 saturated carbocycles. The third-order valence-corrected chi connectivity index (χ3v) is 3.01. The number of rotatable bonds is 2. The molecule has 1 heterocycles. The molecular weight excluding hydrogens is 286 g/mol. The Bertz CT molecular complexity index is 707. The van der Waals surface area contributed by atoms with Gasteiger partial charge in [-0.1, -0.05) is 6.07 Å². The molecule has 0 aliphatic heterocycles. The molecule has 0 unspecified atom stereocenters. The molecule has 0 spiro atoms. The Kier molecular flexibility index (Phi) is 3.80. The third kappa shape index (κ3) is 3.09. The van der Waals surface area contributed by atoms with Gasteiger partial charge in [0.05, 0.1) is 5.56 Å². The molecular formula is C15H11F4NO. The zero-order chi connectivity index (χ0) is 15.8.